The van der Waals surface area contributed by atoms with Crippen LogP contribution in [0.5, 0.6) is 0 Å². The SMILES string of the molecule is O=C(O)c1cc2sc(-c3cccnc3)nc2[nH]1. The van der Waals surface area contributed by atoms with E-state index in [9.17, 15) is 4.79 Å². The van der Waals surface area contributed by atoms with Crippen molar-refractivity contribution in [2.75, 3.05) is 0 Å². The number of aromatic carboxylic acids is 1. The van der Waals surface area contributed by atoms with Crippen molar-refractivity contribution in [2.45, 2.75) is 0 Å². The minimum Gasteiger partial charge on any atom is -0.477 e. The Morgan fingerprint density at radius 2 is 2.35 bits per heavy atom. The molecule has 0 fully saturated rings. The van der Waals surface area contributed by atoms with E-state index in [-0.39, 0.29) is 5.69 Å². The number of thiazole rings is 1. The molecule has 0 spiro atoms. The van der Waals surface area contributed by atoms with Crippen molar-refractivity contribution >= 4 is 27.7 Å². The van der Waals surface area contributed by atoms with Crippen LogP contribution in [-0.2, 0) is 0 Å². The number of hydrogen-bond donors (Lipinski definition) is 2. The lowest BCUT2D eigenvalue weighted by Crippen LogP contribution is -1.95. The first kappa shape index (κ1) is 9.98. The number of carboxylic acid groups (broad SMARTS) is 1. The zero-order chi connectivity index (χ0) is 11.8. The molecule has 3 rings (SSSR count). The lowest BCUT2D eigenvalue weighted by atomic mass is 10.3. The second-order valence-corrected chi connectivity index (χ2v) is 4.49. The van der Waals surface area contributed by atoms with Crippen LogP contribution in [-0.4, -0.2) is 26.0 Å². The van der Waals surface area contributed by atoms with E-state index < -0.39 is 5.97 Å². The third kappa shape index (κ3) is 1.68. The molecule has 0 amide bonds. The minimum atomic E-state index is -0.974. The molecule has 0 saturated heterocycles. The first-order chi connectivity index (χ1) is 8.24. The molecule has 0 atom stereocenters. The third-order valence-corrected chi connectivity index (χ3v) is 3.37. The van der Waals surface area contributed by atoms with E-state index in [0.717, 1.165) is 15.3 Å². The molecule has 0 unspecified atom stereocenters. The maximum Gasteiger partial charge on any atom is 0.352 e. The number of nitrogens with zero attached hydrogens (tertiary/aromatic N) is 2. The number of carboxylic acids is 1. The average Bonchev–Trinajstić information content (AvgIpc) is 2.87. The summed E-state index contributed by atoms with van der Waals surface area (Å²) in [6, 6.07) is 5.35. The van der Waals surface area contributed by atoms with Gasteiger partial charge < -0.3 is 10.1 Å². The molecule has 3 heterocycles. The van der Waals surface area contributed by atoms with Gasteiger partial charge >= 0.3 is 5.97 Å². The molecule has 0 saturated carbocycles. The summed E-state index contributed by atoms with van der Waals surface area (Å²) in [6.45, 7) is 0. The molecule has 0 aliphatic carbocycles. The summed E-state index contributed by atoms with van der Waals surface area (Å²) in [7, 11) is 0. The largest absolute Gasteiger partial charge is 0.477 e. The quantitative estimate of drug-likeness (QED) is 0.726. The second kappa shape index (κ2) is 3.67. The highest BCUT2D eigenvalue weighted by Crippen LogP contribution is 2.29. The maximum absolute atomic E-state index is 10.8. The van der Waals surface area contributed by atoms with E-state index >= 15 is 0 Å². The van der Waals surface area contributed by atoms with E-state index in [1.165, 1.54) is 11.3 Å². The lowest BCUT2D eigenvalue weighted by molar-refractivity contribution is 0.0691. The van der Waals surface area contributed by atoms with Gasteiger partial charge in [0.05, 0.1) is 4.70 Å². The number of hydrogen-bond acceptors (Lipinski definition) is 4. The van der Waals surface area contributed by atoms with Gasteiger partial charge in [-0.2, -0.15) is 0 Å². The Balaban J connectivity index is 2.10. The van der Waals surface area contributed by atoms with Crippen LogP contribution in [0, 0.1) is 0 Å². The van der Waals surface area contributed by atoms with Gasteiger partial charge in [0.1, 0.15) is 16.3 Å². The fourth-order valence-electron chi connectivity index (χ4n) is 1.54. The van der Waals surface area contributed by atoms with Gasteiger partial charge in [-0.1, -0.05) is 0 Å². The highest BCUT2D eigenvalue weighted by Gasteiger charge is 2.12. The molecular formula is C11H7N3O2S. The van der Waals surface area contributed by atoms with Crippen molar-refractivity contribution in [3.8, 4) is 10.6 Å². The summed E-state index contributed by atoms with van der Waals surface area (Å²) in [5, 5.41) is 9.66. The van der Waals surface area contributed by atoms with Gasteiger partial charge in [-0.25, -0.2) is 9.78 Å². The predicted octanol–water partition coefficient (Wildman–Crippen LogP) is 2.38. The Labute approximate surface area is 99.8 Å². The molecule has 84 valence electrons. The highest BCUT2D eigenvalue weighted by atomic mass is 32.1. The van der Waals surface area contributed by atoms with E-state index in [1.54, 1.807) is 18.5 Å². The summed E-state index contributed by atoms with van der Waals surface area (Å²) in [6.07, 6.45) is 3.43. The number of H-pyrrole nitrogens is 1. The number of rotatable bonds is 2. The smallest absolute Gasteiger partial charge is 0.352 e. The number of nitrogens with one attached hydrogen (secondary N) is 1. The van der Waals surface area contributed by atoms with Gasteiger partial charge in [-0.15, -0.1) is 11.3 Å². The lowest BCUT2D eigenvalue weighted by Gasteiger charge is -1.92. The number of carbonyl (C=O) groups is 1. The summed E-state index contributed by atoms with van der Waals surface area (Å²) < 4.78 is 0.834. The van der Waals surface area contributed by atoms with Crippen LogP contribution >= 0.6 is 11.3 Å². The average molecular weight is 245 g/mol. The van der Waals surface area contributed by atoms with Crippen molar-refractivity contribution in [3.05, 3.63) is 36.3 Å². The molecule has 2 N–H and O–H groups in total. The van der Waals surface area contributed by atoms with Gasteiger partial charge in [0, 0.05) is 18.0 Å². The van der Waals surface area contributed by atoms with E-state index in [2.05, 4.69) is 15.0 Å². The first-order valence-electron chi connectivity index (χ1n) is 4.87. The Hall–Kier alpha value is -2.21. The van der Waals surface area contributed by atoms with Crippen LogP contribution in [0.15, 0.2) is 30.6 Å². The van der Waals surface area contributed by atoms with Crippen molar-refractivity contribution in [1.29, 1.82) is 0 Å². The first-order valence-corrected chi connectivity index (χ1v) is 5.69. The molecule has 3 aromatic heterocycles. The van der Waals surface area contributed by atoms with Gasteiger partial charge in [0.2, 0.25) is 0 Å². The highest BCUT2D eigenvalue weighted by molar-refractivity contribution is 7.21. The van der Waals surface area contributed by atoms with Crippen LogP contribution in [0.2, 0.25) is 0 Å². The van der Waals surface area contributed by atoms with E-state index in [0.29, 0.717) is 5.65 Å². The number of aromatic amines is 1. The Morgan fingerprint density at radius 3 is 3.00 bits per heavy atom. The molecule has 5 nitrogen and oxygen atoms in total. The maximum atomic E-state index is 10.8. The van der Waals surface area contributed by atoms with Crippen LogP contribution in [0.1, 0.15) is 10.5 Å². The van der Waals surface area contributed by atoms with E-state index in [1.807, 2.05) is 12.1 Å². The molecule has 0 aliphatic rings. The Bertz CT molecular complexity index is 656. The van der Waals surface area contributed by atoms with Gasteiger partial charge in [0.25, 0.3) is 0 Å². The normalized spacial score (nSPS) is 10.8. The van der Waals surface area contributed by atoms with Gasteiger partial charge in [-0.3, -0.25) is 4.98 Å². The Morgan fingerprint density at radius 1 is 1.47 bits per heavy atom. The summed E-state index contributed by atoms with van der Waals surface area (Å²) >= 11 is 1.44. The number of aromatic nitrogens is 3. The molecule has 0 radical (unpaired) electrons. The zero-order valence-electron chi connectivity index (χ0n) is 8.54. The third-order valence-electron chi connectivity index (χ3n) is 2.32. The zero-order valence-corrected chi connectivity index (χ0v) is 9.36. The van der Waals surface area contributed by atoms with Crippen molar-refractivity contribution < 1.29 is 9.90 Å². The standard InChI is InChI=1S/C11H7N3O2S/c15-11(16)7-4-8-9(13-7)14-10(17-8)6-2-1-3-12-5-6/h1-5,13H,(H,15,16). The summed E-state index contributed by atoms with van der Waals surface area (Å²) in [5.41, 5.74) is 1.70. The number of pyridine rings is 1. The minimum absolute atomic E-state index is 0.163. The number of fused-ring (bicyclic) bond motifs is 1. The molecule has 6 heteroatoms. The van der Waals surface area contributed by atoms with Gasteiger partial charge in [-0.05, 0) is 18.2 Å². The Kier molecular flexibility index (Phi) is 2.15. The molecule has 0 aliphatic heterocycles. The van der Waals surface area contributed by atoms with Crippen molar-refractivity contribution in [1.82, 2.24) is 15.0 Å². The molecule has 3 aromatic rings. The molecular weight excluding hydrogens is 238 g/mol. The monoisotopic (exact) mass is 245 g/mol. The topological polar surface area (TPSA) is 78.9 Å². The second-order valence-electron chi connectivity index (χ2n) is 3.46. The molecule has 17 heavy (non-hydrogen) atoms. The van der Waals surface area contributed by atoms with Crippen molar-refractivity contribution in [3.63, 3.8) is 0 Å². The van der Waals surface area contributed by atoms with E-state index in [4.69, 9.17) is 5.11 Å². The van der Waals surface area contributed by atoms with Gasteiger partial charge in [0.15, 0.2) is 0 Å². The van der Waals surface area contributed by atoms with Crippen molar-refractivity contribution in [2.24, 2.45) is 0 Å². The van der Waals surface area contributed by atoms with Crippen LogP contribution in [0.4, 0.5) is 0 Å². The van der Waals surface area contributed by atoms with Crippen LogP contribution < -0.4 is 0 Å². The molecule has 0 bridgehead atoms. The summed E-state index contributed by atoms with van der Waals surface area (Å²) in [5.74, 6) is -0.974. The fraction of sp³-hybridized carbons (Fsp3) is 0. The van der Waals surface area contributed by atoms with Crippen LogP contribution in [0.3, 0.4) is 0 Å². The molecule has 0 aromatic carbocycles. The summed E-state index contributed by atoms with van der Waals surface area (Å²) in [4.78, 5) is 21.9. The fourth-order valence-corrected chi connectivity index (χ4v) is 2.50. The predicted molar refractivity (Wildman–Crippen MR) is 64.2 cm³/mol. The van der Waals surface area contributed by atoms with Crippen LogP contribution in [0.25, 0.3) is 20.9 Å².